The molecule has 0 atom stereocenters. The molecule has 5 nitrogen and oxygen atoms in total. The van der Waals surface area contributed by atoms with Crippen LogP contribution in [0.25, 0.3) is 0 Å². The van der Waals surface area contributed by atoms with E-state index in [0.717, 1.165) is 19.0 Å². The lowest BCUT2D eigenvalue weighted by Gasteiger charge is -2.44. The van der Waals surface area contributed by atoms with Crippen LogP contribution in [0.2, 0.25) is 0 Å². The van der Waals surface area contributed by atoms with Gasteiger partial charge in [0.05, 0.1) is 12.8 Å². The number of hydrogen-bond donors (Lipinski definition) is 1. The maximum Gasteiger partial charge on any atom is 0.411 e. The first-order valence-corrected chi connectivity index (χ1v) is 10.5. The third-order valence-electron chi connectivity index (χ3n) is 6.41. The predicted octanol–water partition coefficient (Wildman–Crippen LogP) is 5.07. The molecule has 1 aliphatic carbocycles. The fraction of sp³-hybridized carbons (Fsp3) is 0.682. The first-order valence-electron chi connectivity index (χ1n) is 10.5. The molecule has 1 amide bonds. The molecule has 3 rings (SSSR count). The number of ether oxygens (including phenoxy) is 2. The summed E-state index contributed by atoms with van der Waals surface area (Å²) < 4.78 is 10.7. The Balaban J connectivity index is 1.45. The first kappa shape index (κ1) is 20.0. The van der Waals surface area contributed by atoms with Gasteiger partial charge in [0, 0.05) is 12.1 Å². The van der Waals surface area contributed by atoms with E-state index < -0.39 is 6.09 Å². The summed E-state index contributed by atoms with van der Waals surface area (Å²) in [5.74, 6) is 1.56. The lowest BCUT2D eigenvalue weighted by atomic mass is 9.74. The predicted molar refractivity (Wildman–Crippen MR) is 108 cm³/mol. The third-order valence-corrected chi connectivity index (χ3v) is 6.41. The Labute approximate surface area is 163 Å². The number of benzene rings is 1. The molecule has 0 bridgehead atoms. The summed E-state index contributed by atoms with van der Waals surface area (Å²) >= 11 is 0. The molecule has 1 N–H and O–H groups in total. The summed E-state index contributed by atoms with van der Waals surface area (Å²) in [6.45, 7) is 4.69. The lowest BCUT2D eigenvalue weighted by Crippen LogP contribution is -2.47. The zero-order valence-corrected chi connectivity index (χ0v) is 16.8. The van der Waals surface area contributed by atoms with E-state index in [-0.39, 0.29) is 0 Å². The van der Waals surface area contributed by atoms with Gasteiger partial charge in [0.2, 0.25) is 0 Å². The van der Waals surface area contributed by atoms with Crippen molar-refractivity contribution in [3.8, 4) is 5.75 Å². The van der Waals surface area contributed by atoms with Crippen LogP contribution in [0.5, 0.6) is 5.75 Å². The molecule has 2 fully saturated rings. The van der Waals surface area contributed by atoms with Gasteiger partial charge in [-0.25, -0.2) is 4.79 Å². The van der Waals surface area contributed by atoms with Crippen LogP contribution in [0.15, 0.2) is 24.3 Å². The van der Waals surface area contributed by atoms with E-state index in [9.17, 15) is 4.79 Å². The Kier molecular flexibility index (Phi) is 7.00. The Morgan fingerprint density at radius 2 is 2.04 bits per heavy atom. The SMILES string of the molecule is CCCC1CCC2(CCCN2CCOC(=O)Nc2ccccc2OC)CC1. The van der Waals surface area contributed by atoms with Crippen molar-refractivity contribution in [3.05, 3.63) is 24.3 Å². The van der Waals surface area contributed by atoms with Gasteiger partial charge in [0.25, 0.3) is 0 Å². The summed E-state index contributed by atoms with van der Waals surface area (Å²) in [5, 5.41) is 2.77. The molecule has 1 aromatic rings. The maximum atomic E-state index is 12.1. The molecule has 150 valence electrons. The largest absolute Gasteiger partial charge is 0.495 e. The Hall–Kier alpha value is -1.75. The van der Waals surface area contributed by atoms with Crippen LogP contribution < -0.4 is 10.1 Å². The van der Waals surface area contributed by atoms with Crippen molar-refractivity contribution in [2.45, 2.75) is 63.8 Å². The number of nitrogens with zero attached hydrogens (tertiary/aromatic N) is 1. The Morgan fingerprint density at radius 3 is 2.78 bits per heavy atom. The van der Waals surface area contributed by atoms with Gasteiger partial charge < -0.3 is 9.47 Å². The normalized spacial score (nSPS) is 25.5. The van der Waals surface area contributed by atoms with Gasteiger partial charge in [-0.1, -0.05) is 31.9 Å². The van der Waals surface area contributed by atoms with Crippen molar-refractivity contribution < 1.29 is 14.3 Å². The number of carbonyl (C=O) groups is 1. The molecule has 1 saturated heterocycles. The van der Waals surface area contributed by atoms with Gasteiger partial charge in [-0.3, -0.25) is 10.2 Å². The van der Waals surface area contributed by atoms with E-state index >= 15 is 0 Å². The number of rotatable bonds is 7. The number of para-hydroxylation sites is 2. The van der Waals surface area contributed by atoms with Crippen LogP contribution in [0.3, 0.4) is 0 Å². The molecule has 0 unspecified atom stereocenters. The van der Waals surface area contributed by atoms with Gasteiger partial charge in [-0.2, -0.15) is 0 Å². The summed E-state index contributed by atoms with van der Waals surface area (Å²) in [6, 6.07) is 7.36. The second-order valence-electron chi connectivity index (χ2n) is 8.01. The van der Waals surface area contributed by atoms with Crippen molar-refractivity contribution >= 4 is 11.8 Å². The topological polar surface area (TPSA) is 50.8 Å². The van der Waals surface area contributed by atoms with Crippen molar-refractivity contribution in [1.29, 1.82) is 0 Å². The standard InChI is InChI=1S/C22H34N2O3/c1-3-7-18-10-13-22(14-11-18)12-6-15-24(22)16-17-27-21(25)23-19-8-4-5-9-20(19)26-2/h4-5,8-9,18H,3,6-7,10-17H2,1-2H3,(H,23,25). The monoisotopic (exact) mass is 374 g/mol. The summed E-state index contributed by atoms with van der Waals surface area (Å²) in [5.41, 5.74) is 1.00. The molecule has 1 aliphatic heterocycles. The summed E-state index contributed by atoms with van der Waals surface area (Å²) in [6.07, 6.45) is 10.2. The highest BCUT2D eigenvalue weighted by Gasteiger charge is 2.42. The van der Waals surface area contributed by atoms with Gasteiger partial charge in [-0.05, 0) is 63.1 Å². The van der Waals surface area contributed by atoms with Crippen molar-refractivity contribution in [2.75, 3.05) is 32.1 Å². The lowest BCUT2D eigenvalue weighted by molar-refractivity contribution is 0.0531. The molecule has 27 heavy (non-hydrogen) atoms. The number of hydrogen-bond acceptors (Lipinski definition) is 4. The number of carbonyl (C=O) groups excluding carboxylic acids is 1. The van der Waals surface area contributed by atoms with E-state index in [2.05, 4.69) is 17.1 Å². The highest BCUT2D eigenvalue weighted by molar-refractivity contribution is 5.86. The Bertz CT molecular complexity index is 611. The first-order chi connectivity index (χ1) is 13.2. The van der Waals surface area contributed by atoms with Crippen LogP contribution in [0.4, 0.5) is 10.5 Å². The number of methoxy groups -OCH3 is 1. The van der Waals surface area contributed by atoms with Gasteiger partial charge in [-0.15, -0.1) is 0 Å². The van der Waals surface area contributed by atoms with E-state index in [0.29, 0.717) is 23.6 Å². The van der Waals surface area contributed by atoms with Crippen LogP contribution >= 0.6 is 0 Å². The molecule has 5 heteroatoms. The second kappa shape index (κ2) is 9.45. The highest BCUT2D eigenvalue weighted by atomic mass is 16.5. The molecule has 1 aromatic carbocycles. The van der Waals surface area contributed by atoms with Crippen molar-refractivity contribution in [2.24, 2.45) is 5.92 Å². The van der Waals surface area contributed by atoms with Crippen molar-refractivity contribution in [1.82, 2.24) is 4.90 Å². The van der Waals surface area contributed by atoms with Gasteiger partial charge >= 0.3 is 6.09 Å². The second-order valence-corrected chi connectivity index (χ2v) is 8.01. The van der Waals surface area contributed by atoms with Crippen molar-refractivity contribution in [3.63, 3.8) is 0 Å². The highest BCUT2D eigenvalue weighted by Crippen LogP contribution is 2.44. The van der Waals surface area contributed by atoms with Crippen LogP contribution in [0.1, 0.15) is 58.3 Å². The number of anilines is 1. The van der Waals surface area contributed by atoms with E-state index in [1.165, 1.54) is 51.4 Å². The summed E-state index contributed by atoms with van der Waals surface area (Å²) in [4.78, 5) is 14.7. The number of likely N-dealkylation sites (tertiary alicyclic amines) is 1. The fourth-order valence-corrected chi connectivity index (χ4v) is 4.96. The minimum Gasteiger partial charge on any atom is -0.495 e. The Morgan fingerprint density at radius 1 is 1.26 bits per heavy atom. The van der Waals surface area contributed by atoms with Gasteiger partial charge in [0.1, 0.15) is 12.4 Å². The van der Waals surface area contributed by atoms with Crippen LogP contribution in [-0.4, -0.2) is 43.3 Å². The zero-order valence-electron chi connectivity index (χ0n) is 16.8. The molecule has 1 saturated carbocycles. The van der Waals surface area contributed by atoms with Crippen LogP contribution in [0, 0.1) is 5.92 Å². The quantitative estimate of drug-likeness (QED) is 0.724. The average molecular weight is 375 g/mol. The molecule has 0 aromatic heterocycles. The average Bonchev–Trinajstić information content (AvgIpc) is 3.06. The molecule has 1 spiro atoms. The molecular weight excluding hydrogens is 340 g/mol. The fourth-order valence-electron chi connectivity index (χ4n) is 4.96. The number of nitrogens with one attached hydrogen (secondary N) is 1. The van der Waals surface area contributed by atoms with E-state index in [1.807, 2.05) is 24.3 Å². The zero-order chi connectivity index (χ0) is 19.1. The molecule has 2 aliphatic rings. The van der Waals surface area contributed by atoms with Crippen LogP contribution in [-0.2, 0) is 4.74 Å². The third kappa shape index (κ3) is 4.95. The molecular formula is C22H34N2O3. The van der Waals surface area contributed by atoms with E-state index in [4.69, 9.17) is 9.47 Å². The van der Waals surface area contributed by atoms with Gasteiger partial charge in [0.15, 0.2) is 0 Å². The molecule has 1 heterocycles. The maximum absolute atomic E-state index is 12.1. The smallest absolute Gasteiger partial charge is 0.411 e. The molecule has 0 radical (unpaired) electrons. The number of amides is 1. The van der Waals surface area contributed by atoms with E-state index in [1.54, 1.807) is 7.11 Å². The minimum atomic E-state index is -0.417. The minimum absolute atomic E-state index is 0.368. The summed E-state index contributed by atoms with van der Waals surface area (Å²) in [7, 11) is 1.59.